The number of carbonyl (C=O) groups excluding carboxylic acids is 2. The number of ether oxygens (including phenoxy) is 1. The first-order chi connectivity index (χ1) is 16.4. The molecule has 34 heavy (non-hydrogen) atoms. The Labute approximate surface area is 195 Å². The predicted molar refractivity (Wildman–Crippen MR) is 125 cm³/mol. The number of nitriles is 1. The summed E-state index contributed by atoms with van der Waals surface area (Å²) < 4.78 is 19.3. The highest BCUT2D eigenvalue weighted by molar-refractivity contribution is 6.01. The standard InChI is InChI=1S/C25H21FN4O4/c26-19-14-17(10-13-22(19)31)23(34-25(33)29-18-11-8-16(15-27)9-12-18)6-3-7-24(32)30-21-5-2-1-4-20(21)28/h1-5,7-14,23,31H,6,28H2,(H,29,33)(H,30,32)/b7-3+/t23-/m1/s1. The molecule has 3 aromatic carbocycles. The molecule has 0 bridgehead atoms. The Morgan fingerprint density at radius 1 is 1.12 bits per heavy atom. The zero-order chi connectivity index (χ0) is 24.5. The zero-order valence-corrected chi connectivity index (χ0v) is 17.9. The minimum Gasteiger partial charge on any atom is -0.505 e. The fourth-order valence-corrected chi connectivity index (χ4v) is 2.96. The minimum atomic E-state index is -0.959. The van der Waals surface area contributed by atoms with Gasteiger partial charge in [0.25, 0.3) is 0 Å². The number of para-hydroxylation sites is 2. The summed E-state index contributed by atoms with van der Waals surface area (Å²) in [6.07, 6.45) is 0.983. The van der Waals surface area contributed by atoms with Gasteiger partial charge in [-0.15, -0.1) is 0 Å². The molecule has 0 radical (unpaired) electrons. The molecule has 9 heteroatoms. The van der Waals surface area contributed by atoms with Crippen molar-refractivity contribution in [1.82, 2.24) is 0 Å². The van der Waals surface area contributed by atoms with Gasteiger partial charge >= 0.3 is 6.09 Å². The van der Waals surface area contributed by atoms with Crippen molar-refractivity contribution in [3.8, 4) is 11.8 Å². The van der Waals surface area contributed by atoms with Crippen molar-refractivity contribution in [1.29, 1.82) is 5.26 Å². The number of hydrogen-bond acceptors (Lipinski definition) is 6. The van der Waals surface area contributed by atoms with Gasteiger partial charge < -0.3 is 20.9 Å². The first-order valence-corrected chi connectivity index (χ1v) is 10.1. The monoisotopic (exact) mass is 460 g/mol. The number of rotatable bonds is 7. The summed E-state index contributed by atoms with van der Waals surface area (Å²) in [5, 5.41) is 23.5. The van der Waals surface area contributed by atoms with Crippen LogP contribution >= 0.6 is 0 Å². The molecule has 0 saturated carbocycles. The topological polar surface area (TPSA) is 137 Å². The Morgan fingerprint density at radius 2 is 1.85 bits per heavy atom. The van der Waals surface area contributed by atoms with Gasteiger partial charge in [-0.2, -0.15) is 5.26 Å². The van der Waals surface area contributed by atoms with Crippen molar-refractivity contribution >= 4 is 29.1 Å². The van der Waals surface area contributed by atoms with Crippen LogP contribution in [-0.4, -0.2) is 17.1 Å². The maximum absolute atomic E-state index is 13.9. The summed E-state index contributed by atoms with van der Waals surface area (Å²) in [5.74, 6) is -1.87. The Morgan fingerprint density at radius 3 is 2.53 bits per heavy atom. The number of nitrogens with two attached hydrogens (primary N) is 1. The molecule has 8 nitrogen and oxygen atoms in total. The van der Waals surface area contributed by atoms with Crippen LogP contribution < -0.4 is 16.4 Å². The number of nitrogen functional groups attached to an aromatic ring is 1. The molecule has 0 heterocycles. The second-order valence-electron chi connectivity index (χ2n) is 7.13. The van der Waals surface area contributed by atoms with E-state index < -0.39 is 29.7 Å². The smallest absolute Gasteiger partial charge is 0.412 e. The molecule has 0 saturated heterocycles. The Balaban J connectivity index is 1.70. The fraction of sp³-hybridized carbons (Fsp3) is 0.0800. The number of nitrogens with zero attached hydrogens (tertiary/aromatic N) is 1. The molecule has 1 atom stereocenters. The predicted octanol–water partition coefficient (Wildman–Crippen LogP) is 4.86. The number of benzene rings is 3. The Bertz CT molecular complexity index is 1250. The van der Waals surface area contributed by atoms with E-state index in [9.17, 15) is 19.1 Å². The number of nitrogens with one attached hydrogen (secondary N) is 2. The molecule has 0 aliphatic rings. The van der Waals surface area contributed by atoms with Crippen LogP contribution in [-0.2, 0) is 9.53 Å². The molecule has 3 rings (SSSR count). The van der Waals surface area contributed by atoms with Crippen LogP contribution in [0, 0.1) is 17.1 Å². The molecule has 0 aromatic heterocycles. The molecule has 3 aromatic rings. The summed E-state index contributed by atoms with van der Waals surface area (Å²) in [6.45, 7) is 0. The lowest BCUT2D eigenvalue weighted by molar-refractivity contribution is -0.111. The Kier molecular flexibility index (Phi) is 7.81. The average Bonchev–Trinajstić information content (AvgIpc) is 2.82. The Hall–Kier alpha value is -4.84. The van der Waals surface area contributed by atoms with Crippen LogP contribution in [0.1, 0.15) is 23.7 Å². The fourth-order valence-electron chi connectivity index (χ4n) is 2.96. The quantitative estimate of drug-likeness (QED) is 0.293. The summed E-state index contributed by atoms with van der Waals surface area (Å²) in [5.41, 5.74) is 7.77. The van der Waals surface area contributed by atoms with Gasteiger partial charge in [0.1, 0.15) is 6.10 Å². The van der Waals surface area contributed by atoms with Gasteiger partial charge in [-0.3, -0.25) is 10.1 Å². The summed E-state index contributed by atoms with van der Waals surface area (Å²) in [6, 6.07) is 18.5. The van der Waals surface area contributed by atoms with Crippen LogP contribution in [0.2, 0.25) is 0 Å². The van der Waals surface area contributed by atoms with Crippen molar-refractivity contribution in [2.45, 2.75) is 12.5 Å². The normalized spacial score (nSPS) is 11.4. The number of carbonyl (C=O) groups is 2. The van der Waals surface area contributed by atoms with Gasteiger partial charge in [-0.25, -0.2) is 9.18 Å². The molecule has 0 aliphatic heterocycles. The average molecular weight is 460 g/mol. The number of amides is 2. The van der Waals surface area contributed by atoms with Crippen molar-refractivity contribution in [3.63, 3.8) is 0 Å². The molecule has 0 fully saturated rings. The second-order valence-corrected chi connectivity index (χ2v) is 7.13. The van der Waals surface area contributed by atoms with Crippen LogP contribution in [0.3, 0.4) is 0 Å². The first kappa shape index (κ1) is 23.8. The van der Waals surface area contributed by atoms with Gasteiger partial charge in [0.05, 0.1) is 23.0 Å². The van der Waals surface area contributed by atoms with E-state index in [1.165, 1.54) is 42.5 Å². The van der Waals surface area contributed by atoms with E-state index in [0.29, 0.717) is 22.6 Å². The third-order valence-corrected chi connectivity index (χ3v) is 4.69. The zero-order valence-electron chi connectivity index (χ0n) is 17.9. The highest BCUT2D eigenvalue weighted by Gasteiger charge is 2.18. The number of phenols is 1. The van der Waals surface area contributed by atoms with E-state index in [4.69, 9.17) is 15.7 Å². The van der Waals surface area contributed by atoms with Crippen LogP contribution in [0.25, 0.3) is 0 Å². The maximum atomic E-state index is 13.9. The number of halogens is 1. The van der Waals surface area contributed by atoms with E-state index >= 15 is 0 Å². The van der Waals surface area contributed by atoms with Crippen molar-refractivity contribution < 1.29 is 23.8 Å². The summed E-state index contributed by atoms with van der Waals surface area (Å²) in [7, 11) is 0. The van der Waals surface area contributed by atoms with Gasteiger partial charge in [0, 0.05) is 12.1 Å². The maximum Gasteiger partial charge on any atom is 0.412 e. The highest BCUT2D eigenvalue weighted by Crippen LogP contribution is 2.27. The third-order valence-electron chi connectivity index (χ3n) is 4.69. The molecule has 0 unspecified atom stereocenters. The lowest BCUT2D eigenvalue weighted by atomic mass is 10.1. The second kappa shape index (κ2) is 11.2. The lowest BCUT2D eigenvalue weighted by Gasteiger charge is -2.18. The number of aromatic hydroxyl groups is 1. The van der Waals surface area contributed by atoms with Crippen molar-refractivity contribution in [2.24, 2.45) is 0 Å². The highest BCUT2D eigenvalue weighted by atomic mass is 19.1. The number of anilines is 3. The van der Waals surface area contributed by atoms with Crippen LogP contribution in [0.5, 0.6) is 5.75 Å². The van der Waals surface area contributed by atoms with Gasteiger partial charge in [0.15, 0.2) is 11.6 Å². The van der Waals surface area contributed by atoms with Crippen molar-refractivity contribution in [2.75, 3.05) is 16.4 Å². The molecule has 2 amide bonds. The molecule has 0 aliphatic carbocycles. The van der Waals surface area contributed by atoms with E-state index in [1.807, 2.05) is 6.07 Å². The first-order valence-electron chi connectivity index (χ1n) is 10.1. The van der Waals surface area contributed by atoms with E-state index in [2.05, 4.69) is 10.6 Å². The largest absolute Gasteiger partial charge is 0.505 e. The van der Waals surface area contributed by atoms with Crippen molar-refractivity contribution in [3.05, 3.63) is 95.8 Å². The third kappa shape index (κ3) is 6.58. The minimum absolute atomic E-state index is 0.0443. The summed E-state index contributed by atoms with van der Waals surface area (Å²) >= 11 is 0. The molecular formula is C25H21FN4O4. The van der Waals surface area contributed by atoms with E-state index in [0.717, 1.165) is 12.1 Å². The number of phenolic OH excluding ortho intramolecular Hbond substituents is 1. The lowest BCUT2D eigenvalue weighted by Crippen LogP contribution is -2.17. The van der Waals surface area contributed by atoms with Gasteiger partial charge in [-0.1, -0.05) is 24.3 Å². The molecular weight excluding hydrogens is 439 g/mol. The molecule has 5 N–H and O–H groups in total. The van der Waals surface area contributed by atoms with Crippen LogP contribution in [0.15, 0.2) is 78.9 Å². The van der Waals surface area contributed by atoms with Crippen LogP contribution in [0.4, 0.5) is 26.2 Å². The number of hydrogen-bond donors (Lipinski definition) is 4. The van der Waals surface area contributed by atoms with E-state index in [1.54, 1.807) is 24.3 Å². The van der Waals surface area contributed by atoms with E-state index in [-0.39, 0.29) is 12.0 Å². The van der Waals surface area contributed by atoms with Gasteiger partial charge in [0.2, 0.25) is 5.91 Å². The molecule has 0 spiro atoms. The molecule has 172 valence electrons. The SMILES string of the molecule is N#Cc1ccc(NC(=O)O[C@H](C/C=C/C(=O)Nc2ccccc2N)c2ccc(O)c(F)c2)cc1. The van der Waals surface area contributed by atoms with Gasteiger partial charge in [-0.05, 0) is 60.2 Å². The summed E-state index contributed by atoms with van der Waals surface area (Å²) in [4.78, 5) is 24.6.